The molecule has 0 saturated heterocycles. The topological polar surface area (TPSA) is 81.7 Å². The monoisotopic (exact) mass is 327 g/mol. The first-order chi connectivity index (χ1) is 11.5. The lowest BCUT2D eigenvalue weighted by Crippen LogP contribution is -2.20. The van der Waals surface area contributed by atoms with Crippen molar-refractivity contribution in [3.05, 3.63) is 59.7 Å². The highest BCUT2D eigenvalue weighted by Gasteiger charge is 2.10. The van der Waals surface area contributed by atoms with Crippen LogP contribution in [-0.4, -0.2) is 31.4 Å². The molecule has 0 atom stereocenters. The first-order valence-corrected chi connectivity index (χ1v) is 7.22. The molecular formula is C18H17NO5. The summed E-state index contributed by atoms with van der Waals surface area (Å²) < 4.78 is 10.0. The van der Waals surface area contributed by atoms with E-state index in [2.05, 4.69) is 10.1 Å². The van der Waals surface area contributed by atoms with Crippen molar-refractivity contribution in [2.75, 3.05) is 19.0 Å². The first kappa shape index (κ1) is 17.2. The molecule has 0 saturated carbocycles. The standard InChI is InChI=1S/C18H17NO5/c1-12(20)15-5-3-4-6-16(15)24-11-17(21)19-14-9-7-13(8-10-14)18(22)23-2/h3-10H,11H2,1-2H3,(H,19,21). The van der Waals surface area contributed by atoms with Gasteiger partial charge in [0.15, 0.2) is 12.4 Å². The van der Waals surface area contributed by atoms with Crippen LogP contribution in [0.25, 0.3) is 0 Å². The fraction of sp³-hybridized carbons (Fsp3) is 0.167. The molecule has 0 aliphatic rings. The molecule has 124 valence electrons. The van der Waals surface area contributed by atoms with E-state index in [1.54, 1.807) is 48.5 Å². The van der Waals surface area contributed by atoms with Gasteiger partial charge in [0.05, 0.1) is 18.2 Å². The highest BCUT2D eigenvalue weighted by Crippen LogP contribution is 2.18. The Morgan fingerprint density at radius 3 is 2.29 bits per heavy atom. The zero-order chi connectivity index (χ0) is 17.5. The normalized spacial score (nSPS) is 9.92. The maximum atomic E-state index is 11.9. The first-order valence-electron chi connectivity index (χ1n) is 7.22. The fourth-order valence-corrected chi connectivity index (χ4v) is 2.03. The minimum Gasteiger partial charge on any atom is -0.483 e. The molecule has 1 N–H and O–H groups in total. The molecule has 0 fully saturated rings. The van der Waals surface area contributed by atoms with Crippen LogP contribution in [-0.2, 0) is 9.53 Å². The molecule has 0 aromatic heterocycles. The van der Waals surface area contributed by atoms with E-state index in [1.807, 2.05) is 0 Å². The molecular weight excluding hydrogens is 310 g/mol. The number of benzene rings is 2. The summed E-state index contributed by atoms with van der Waals surface area (Å²) in [5, 5.41) is 2.64. The Balaban J connectivity index is 1.94. The number of ketones is 1. The number of methoxy groups -OCH3 is 1. The molecule has 0 spiro atoms. The van der Waals surface area contributed by atoms with Crippen LogP contribution in [0.1, 0.15) is 27.6 Å². The van der Waals surface area contributed by atoms with Crippen molar-refractivity contribution in [2.45, 2.75) is 6.92 Å². The van der Waals surface area contributed by atoms with Crippen LogP contribution in [0.3, 0.4) is 0 Å². The smallest absolute Gasteiger partial charge is 0.337 e. The van der Waals surface area contributed by atoms with Crippen LogP contribution in [0.5, 0.6) is 5.75 Å². The summed E-state index contributed by atoms with van der Waals surface area (Å²) in [5.74, 6) is -0.596. The van der Waals surface area contributed by atoms with E-state index in [0.717, 1.165) is 0 Å². The van der Waals surface area contributed by atoms with E-state index < -0.39 is 5.97 Å². The van der Waals surface area contributed by atoms with E-state index in [-0.39, 0.29) is 18.3 Å². The lowest BCUT2D eigenvalue weighted by atomic mass is 10.1. The van der Waals surface area contributed by atoms with Gasteiger partial charge in [-0.25, -0.2) is 4.79 Å². The fourth-order valence-electron chi connectivity index (χ4n) is 2.03. The molecule has 0 aliphatic heterocycles. The SMILES string of the molecule is COC(=O)c1ccc(NC(=O)COc2ccccc2C(C)=O)cc1. The Labute approximate surface area is 139 Å². The zero-order valence-corrected chi connectivity index (χ0v) is 13.4. The zero-order valence-electron chi connectivity index (χ0n) is 13.4. The minimum atomic E-state index is -0.447. The van der Waals surface area contributed by atoms with Crippen molar-refractivity contribution in [1.29, 1.82) is 0 Å². The molecule has 2 rings (SSSR count). The Morgan fingerprint density at radius 1 is 1.00 bits per heavy atom. The number of anilines is 1. The average Bonchev–Trinajstić information content (AvgIpc) is 2.60. The van der Waals surface area contributed by atoms with Gasteiger partial charge < -0.3 is 14.8 Å². The van der Waals surface area contributed by atoms with Gasteiger partial charge >= 0.3 is 5.97 Å². The second kappa shape index (κ2) is 7.92. The van der Waals surface area contributed by atoms with Crippen LogP contribution < -0.4 is 10.1 Å². The predicted molar refractivity (Wildman–Crippen MR) is 88.4 cm³/mol. The molecule has 2 aromatic carbocycles. The molecule has 0 heterocycles. The number of ether oxygens (including phenoxy) is 2. The summed E-state index contributed by atoms with van der Waals surface area (Å²) in [6, 6.07) is 13.0. The van der Waals surface area contributed by atoms with Gasteiger partial charge in [0.2, 0.25) is 0 Å². The van der Waals surface area contributed by atoms with Crippen LogP contribution in [0, 0.1) is 0 Å². The Kier molecular flexibility index (Phi) is 5.68. The van der Waals surface area contributed by atoms with Crippen LogP contribution >= 0.6 is 0 Å². The van der Waals surface area contributed by atoms with Gasteiger partial charge in [-0.1, -0.05) is 12.1 Å². The van der Waals surface area contributed by atoms with Gasteiger partial charge in [0, 0.05) is 5.69 Å². The molecule has 2 aromatic rings. The molecule has 6 heteroatoms. The number of para-hydroxylation sites is 1. The number of hydrogen-bond acceptors (Lipinski definition) is 5. The second-order valence-electron chi connectivity index (χ2n) is 4.96. The van der Waals surface area contributed by atoms with E-state index >= 15 is 0 Å². The third-order valence-electron chi connectivity index (χ3n) is 3.21. The van der Waals surface area contributed by atoms with Gasteiger partial charge in [-0.15, -0.1) is 0 Å². The summed E-state index contributed by atoms with van der Waals surface area (Å²) in [6.07, 6.45) is 0. The van der Waals surface area contributed by atoms with E-state index in [1.165, 1.54) is 14.0 Å². The second-order valence-corrected chi connectivity index (χ2v) is 4.96. The van der Waals surface area contributed by atoms with E-state index in [4.69, 9.17) is 4.74 Å². The van der Waals surface area contributed by atoms with Gasteiger partial charge in [0.25, 0.3) is 5.91 Å². The molecule has 0 radical (unpaired) electrons. The summed E-state index contributed by atoms with van der Waals surface area (Å²) in [4.78, 5) is 34.8. The summed E-state index contributed by atoms with van der Waals surface area (Å²) in [6.45, 7) is 1.20. The van der Waals surface area contributed by atoms with Crippen molar-refractivity contribution in [3.8, 4) is 5.75 Å². The molecule has 24 heavy (non-hydrogen) atoms. The molecule has 0 aliphatic carbocycles. The van der Waals surface area contributed by atoms with E-state index in [0.29, 0.717) is 22.6 Å². The van der Waals surface area contributed by atoms with Crippen molar-refractivity contribution in [2.24, 2.45) is 0 Å². The van der Waals surface area contributed by atoms with Crippen LogP contribution in [0.4, 0.5) is 5.69 Å². The number of rotatable bonds is 6. The summed E-state index contributed by atoms with van der Waals surface area (Å²) in [5.41, 5.74) is 1.34. The summed E-state index contributed by atoms with van der Waals surface area (Å²) in [7, 11) is 1.30. The largest absolute Gasteiger partial charge is 0.483 e. The quantitative estimate of drug-likeness (QED) is 0.651. The van der Waals surface area contributed by atoms with Gasteiger partial charge in [-0.3, -0.25) is 9.59 Å². The highest BCUT2D eigenvalue weighted by atomic mass is 16.5. The molecule has 6 nitrogen and oxygen atoms in total. The number of nitrogens with one attached hydrogen (secondary N) is 1. The maximum absolute atomic E-state index is 11.9. The lowest BCUT2D eigenvalue weighted by molar-refractivity contribution is -0.118. The van der Waals surface area contributed by atoms with Gasteiger partial charge in [0.1, 0.15) is 5.75 Å². The van der Waals surface area contributed by atoms with Crippen LogP contribution in [0.15, 0.2) is 48.5 Å². The van der Waals surface area contributed by atoms with Gasteiger partial charge in [-0.2, -0.15) is 0 Å². The average molecular weight is 327 g/mol. The van der Waals surface area contributed by atoms with Crippen molar-refractivity contribution in [1.82, 2.24) is 0 Å². The van der Waals surface area contributed by atoms with Crippen molar-refractivity contribution >= 4 is 23.3 Å². The Morgan fingerprint density at radius 2 is 1.67 bits per heavy atom. The van der Waals surface area contributed by atoms with E-state index in [9.17, 15) is 14.4 Å². The third kappa shape index (κ3) is 4.42. The Hall–Kier alpha value is -3.15. The maximum Gasteiger partial charge on any atom is 0.337 e. The highest BCUT2D eigenvalue weighted by molar-refractivity contribution is 5.97. The van der Waals surface area contributed by atoms with Crippen molar-refractivity contribution in [3.63, 3.8) is 0 Å². The minimum absolute atomic E-state index is 0.135. The van der Waals surface area contributed by atoms with Gasteiger partial charge in [-0.05, 0) is 43.3 Å². The number of hydrogen-bond donors (Lipinski definition) is 1. The third-order valence-corrected chi connectivity index (χ3v) is 3.21. The number of esters is 1. The number of Topliss-reactive ketones (excluding diaryl/α,β-unsaturated/α-hetero) is 1. The Bertz CT molecular complexity index is 752. The summed E-state index contributed by atoms with van der Waals surface area (Å²) >= 11 is 0. The predicted octanol–water partition coefficient (Wildman–Crippen LogP) is 2.69. The lowest BCUT2D eigenvalue weighted by Gasteiger charge is -2.10. The number of carbonyl (C=O) groups excluding carboxylic acids is 3. The molecule has 0 bridgehead atoms. The van der Waals surface area contributed by atoms with Crippen LogP contribution in [0.2, 0.25) is 0 Å². The molecule has 1 amide bonds. The number of amides is 1. The number of carbonyl (C=O) groups is 3. The molecule has 0 unspecified atom stereocenters. The van der Waals surface area contributed by atoms with Crippen molar-refractivity contribution < 1.29 is 23.9 Å².